The Kier molecular flexibility index (Phi) is 3.83. The number of hydrogen-bond acceptors (Lipinski definition) is 4. The molecule has 1 aromatic carbocycles. The summed E-state index contributed by atoms with van der Waals surface area (Å²) in [6, 6.07) is 3.08. The van der Waals surface area contributed by atoms with E-state index in [0.717, 1.165) is 12.8 Å². The highest BCUT2D eigenvalue weighted by atomic mass is 19.1. The predicted octanol–water partition coefficient (Wildman–Crippen LogP) is 1.92. The SMILES string of the molecule is Cn1cnnc1COc1c(F)cc(CNC2CC2)cc1F. The molecule has 3 rings (SSSR count). The summed E-state index contributed by atoms with van der Waals surface area (Å²) in [7, 11) is 1.73. The lowest BCUT2D eigenvalue weighted by atomic mass is 10.2. The Morgan fingerprint density at radius 2 is 2.05 bits per heavy atom. The molecule has 0 bridgehead atoms. The summed E-state index contributed by atoms with van der Waals surface area (Å²) >= 11 is 0. The standard InChI is InChI=1S/C14H16F2N4O/c1-20-8-18-19-13(20)7-21-14-11(15)4-9(5-12(14)16)6-17-10-2-3-10/h4-5,8,10,17H,2-3,6-7H2,1H3. The van der Waals surface area contributed by atoms with Gasteiger partial charge in [0.05, 0.1) is 0 Å². The van der Waals surface area contributed by atoms with Crippen molar-refractivity contribution < 1.29 is 13.5 Å². The molecule has 1 aromatic heterocycles. The summed E-state index contributed by atoms with van der Waals surface area (Å²) < 4.78 is 34.7. The highest BCUT2D eigenvalue weighted by Crippen LogP contribution is 2.25. The third-order valence-electron chi connectivity index (χ3n) is 3.38. The third kappa shape index (κ3) is 3.36. The molecule has 7 heteroatoms. The van der Waals surface area contributed by atoms with Gasteiger partial charge in [0, 0.05) is 19.6 Å². The van der Waals surface area contributed by atoms with Gasteiger partial charge in [-0.05, 0) is 30.5 Å². The van der Waals surface area contributed by atoms with Gasteiger partial charge in [0.25, 0.3) is 0 Å². The van der Waals surface area contributed by atoms with Crippen molar-refractivity contribution in [3.63, 3.8) is 0 Å². The summed E-state index contributed by atoms with van der Waals surface area (Å²) in [5, 5.41) is 10.7. The fourth-order valence-corrected chi connectivity index (χ4v) is 1.98. The van der Waals surface area contributed by atoms with Crippen LogP contribution in [0.1, 0.15) is 24.2 Å². The number of nitrogens with zero attached hydrogens (tertiary/aromatic N) is 3. The number of aromatic nitrogens is 3. The summed E-state index contributed by atoms with van der Waals surface area (Å²) in [5.41, 5.74) is 0.572. The second-order valence-electron chi connectivity index (χ2n) is 5.19. The van der Waals surface area contributed by atoms with Crippen molar-refractivity contribution in [1.29, 1.82) is 0 Å². The van der Waals surface area contributed by atoms with Crippen molar-refractivity contribution in [1.82, 2.24) is 20.1 Å². The molecule has 2 aromatic rings. The van der Waals surface area contributed by atoms with E-state index in [4.69, 9.17) is 4.74 Å². The van der Waals surface area contributed by atoms with Gasteiger partial charge in [-0.3, -0.25) is 0 Å². The Balaban J connectivity index is 1.68. The van der Waals surface area contributed by atoms with Gasteiger partial charge >= 0.3 is 0 Å². The molecule has 0 spiro atoms. The number of ether oxygens (including phenoxy) is 1. The molecule has 1 aliphatic carbocycles. The van der Waals surface area contributed by atoms with Crippen molar-refractivity contribution in [2.24, 2.45) is 7.05 Å². The fourth-order valence-electron chi connectivity index (χ4n) is 1.98. The molecule has 1 aliphatic rings. The lowest BCUT2D eigenvalue weighted by Crippen LogP contribution is -2.15. The van der Waals surface area contributed by atoms with Crippen LogP contribution in [0.5, 0.6) is 5.75 Å². The second-order valence-corrected chi connectivity index (χ2v) is 5.19. The molecule has 0 unspecified atom stereocenters. The van der Waals surface area contributed by atoms with Crippen LogP contribution in [-0.2, 0) is 20.2 Å². The van der Waals surface area contributed by atoms with E-state index in [1.165, 1.54) is 18.5 Å². The number of benzene rings is 1. The van der Waals surface area contributed by atoms with Gasteiger partial charge in [0.15, 0.2) is 23.2 Å². The molecule has 21 heavy (non-hydrogen) atoms. The van der Waals surface area contributed by atoms with Crippen LogP contribution in [0, 0.1) is 11.6 Å². The van der Waals surface area contributed by atoms with Crippen LogP contribution in [-0.4, -0.2) is 20.8 Å². The van der Waals surface area contributed by atoms with Gasteiger partial charge in [-0.25, -0.2) is 8.78 Å². The van der Waals surface area contributed by atoms with Crippen LogP contribution in [0.3, 0.4) is 0 Å². The monoisotopic (exact) mass is 294 g/mol. The van der Waals surface area contributed by atoms with Gasteiger partial charge in [0.2, 0.25) is 0 Å². The first-order chi connectivity index (χ1) is 10.1. The van der Waals surface area contributed by atoms with Crippen molar-refractivity contribution in [2.45, 2.75) is 32.0 Å². The van der Waals surface area contributed by atoms with Gasteiger partial charge in [0.1, 0.15) is 12.9 Å². The zero-order chi connectivity index (χ0) is 14.8. The molecule has 0 atom stereocenters. The molecule has 1 saturated carbocycles. The Hall–Kier alpha value is -2.02. The third-order valence-corrected chi connectivity index (χ3v) is 3.38. The van der Waals surface area contributed by atoms with Gasteiger partial charge < -0.3 is 14.6 Å². The maximum Gasteiger partial charge on any atom is 0.191 e. The Labute approximate surface area is 120 Å². The molecule has 0 radical (unpaired) electrons. The number of rotatable bonds is 6. The topological polar surface area (TPSA) is 52.0 Å². The van der Waals surface area contributed by atoms with Gasteiger partial charge in [-0.2, -0.15) is 0 Å². The molecule has 1 heterocycles. The quantitative estimate of drug-likeness (QED) is 0.884. The predicted molar refractivity (Wildman–Crippen MR) is 71.6 cm³/mol. The molecule has 0 aliphatic heterocycles. The van der Waals surface area contributed by atoms with E-state index in [0.29, 0.717) is 24.0 Å². The maximum atomic E-state index is 13.9. The minimum Gasteiger partial charge on any atom is -0.479 e. The summed E-state index contributed by atoms with van der Waals surface area (Å²) in [6.07, 6.45) is 3.76. The molecule has 5 nitrogen and oxygen atoms in total. The summed E-state index contributed by atoms with van der Waals surface area (Å²) in [5.74, 6) is -1.30. The lowest BCUT2D eigenvalue weighted by molar-refractivity contribution is 0.262. The average Bonchev–Trinajstić information content (AvgIpc) is 3.18. The largest absolute Gasteiger partial charge is 0.479 e. The molecular weight excluding hydrogens is 278 g/mol. The molecule has 0 amide bonds. The van der Waals surface area contributed by atoms with Crippen LogP contribution in [0.15, 0.2) is 18.5 Å². The fraction of sp³-hybridized carbons (Fsp3) is 0.429. The zero-order valence-corrected chi connectivity index (χ0v) is 11.6. The molecule has 112 valence electrons. The van der Waals surface area contributed by atoms with Crippen LogP contribution < -0.4 is 10.1 Å². The van der Waals surface area contributed by atoms with Crippen molar-refractivity contribution in [2.75, 3.05) is 0 Å². The Morgan fingerprint density at radius 1 is 1.33 bits per heavy atom. The first-order valence-electron chi connectivity index (χ1n) is 6.80. The average molecular weight is 294 g/mol. The highest BCUT2D eigenvalue weighted by Gasteiger charge is 2.21. The van der Waals surface area contributed by atoms with E-state index in [9.17, 15) is 8.78 Å². The van der Waals surface area contributed by atoms with Crippen molar-refractivity contribution >= 4 is 0 Å². The summed E-state index contributed by atoms with van der Waals surface area (Å²) in [6.45, 7) is 0.423. The van der Waals surface area contributed by atoms with Crippen LogP contribution in [0.4, 0.5) is 8.78 Å². The van der Waals surface area contributed by atoms with Crippen LogP contribution in [0.25, 0.3) is 0 Å². The first-order valence-corrected chi connectivity index (χ1v) is 6.80. The second kappa shape index (κ2) is 5.77. The van der Waals surface area contributed by atoms with E-state index < -0.39 is 11.6 Å². The van der Waals surface area contributed by atoms with Crippen molar-refractivity contribution in [3.05, 3.63) is 41.5 Å². The molecular formula is C14H16F2N4O. The number of aryl methyl sites for hydroxylation is 1. The lowest BCUT2D eigenvalue weighted by Gasteiger charge is -2.10. The van der Waals surface area contributed by atoms with Crippen LogP contribution >= 0.6 is 0 Å². The number of halogens is 2. The Bertz CT molecular complexity index is 617. The maximum absolute atomic E-state index is 13.9. The van der Waals surface area contributed by atoms with E-state index in [-0.39, 0.29) is 12.4 Å². The van der Waals surface area contributed by atoms with Crippen molar-refractivity contribution in [3.8, 4) is 5.75 Å². The number of hydrogen-bond donors (Lipinski definition) is 1. The van der Waals surface area contributed by atoms with Crippen LogP contribution in [0.2, 0.25) is 0 Å². The highest BCUT2D eigenvalue weighted by molar-refractivity contribution is 5.31. The zero-order valence-electron chi connectivity index (χ0n) is 11.6. The minimum absolute atomic E-state index is 0.0377. The van der Waals surface area contributed by atoms with E-state index in [1.54, 1.807) is 11.6 Å². The van der Waals surface area contributed by atoms with Gasteiger partial charge in [-0.15, -0.1) is 10.2 Å². The van der Waals surface area contributed by atoms with E-state index >= 15 is 0 Å². The molecule has 1 N–H and O–H groups in total. The van der Waals surface area contributed by atoms with E-state index in [2.05, 4.69) is 15.5 Å². The Morgan fingerprint density at radius 3 is 2.62 bits per heavy atom. The molecule has 1 fully saturated rings. The normalized spacial score (nSPS) is 14.4. The number of nitrogens with one attached hydrogen (secondary N) is 1. The van der Waals surface area contributed by atoms with E-state index in [1.807, 2.05) is 0 Å². The minimum atomic E-state index is -0.704. The first kappa shape index (κ1) is 13.9. The molecule has 0 saturated heterocycles. The smallest absolute Gasteiger partial charge is 0.191 e. The van der Waals surface area contributed by atoms with Gasteiger partial charge in [-0.1, -0.05) is 0 Å². The summed E-state index contributed by atoms with van der Waals surface area (Å²) in [4.78, 5) is 0.